The summed E-state index contributed by atoms with van der Waals surface area (Å²) in [6.45, 7) is 5.01. The van der Waals surface area contributed by atoms with Gasteiger partial charge in [-0.05, 0) is 26.7 Å². The molecule has 0 aliphatic carbocycles. The largest absolute Gasteiger partial charge is 0.279 e. The molecule has 1 aliphatic heterocycles. The molecule has 0 radical (unpaired) electrons. The van der Waals surface area contributed by atoms with E-state index in [2.05, 4.69) is 20.7 Å². The Labute approximate surface area is 94.4 Å². The van der Waals surface area contributed by atoms with Gasteiger partial charge in [0.15, 0.2) is 0 Å². The third-order valence-corrected chi connectivity index (χ3v) is 5.40. The molecule has 1 saturated heterocycles. The lowest BCUT2D eigenvalue weighted by Crippen LogP contribution is -2.50. The third-order valence-electron chi connectivity index (χ3n) is 2.14. The van der Waals surface area contributed by atoms with E-state index in [0.717, 1.165) is 12.8 Å². The second kappa shape index (κ2) is 4.47. The van der Waals surface area contributed by atoms with E-state index < -0.39 is 15.7 Å². The monoisotopic (exact) mass is 284 g/mol. The minimum absolute atomic E-state index is 0.429. The van der Waals surface area contributed by atoms with Gasteiger partial charge in [0, 0.05) is 24.0 Å². The molecule has 0 spiro atoms. The van der Waals surface area contributed by atoms with Gasteiger partial charge in [-0.2, -0.15) is 17.4 Å². The number of hydrogen-bond acceptors (Lipinski definition) is 2. The molecule has 14 heavy (non-hydrogen) atoms. The van der Waals surface area contributed by atoms with Gasteiger partial charge in [-0.3, -0.25) is 0 Å². The first kappa shape index (κ1) is 12.4. The molecule has 0 saturated carbocycles. The van der Waals surface area contributed by atoms with E-state index in [1.807, 2.05) is 13.8 Å². The zero-order chi connectivity index (χ0) is 10.8. The topological polar surface area (TPSA) is 49.4 Å². The molecule has 0 aromatic heterocycles. The average Bonchev–Trinajstić information content (AvgIpc) is 2.54. The number of rotatable bonds is 4. The van der Waals surface area contributed by atoms with Crippen LogP contribution in [0.25, 0.3) is 0 Å². The lowest BCUT2D eigenvalue weighted by molar-refractivity contribution is 0.431. The van der Waals surface area contributed by atoms with E-state index >= 15 is 0 Å². The van der Waals surface area contributed by atoms with Crippen LogP contribution in [-0.2, 0) is 10.2 Å². The SMILES string of the molecule is CC(C)(CBr)NS(=O)(=O)N1CCCC1. The fourth-order valence-electron chi connectivity index (χ4n) is 1.37. The highest BCUT2D eigenvalue weighted by atomic mass is 79.9. The molecule has 6 heteroatoms. The van der Waals surface area contributed by atoms with Crippen molar-refractivity contribution in [1.29, 1.82) is 0 Å². The summed E-state index contributed by atoms with van der Waals surface area (Å²) in [5.41, 5.74) is -0.429. The third kappa shape index (κ3) is 3.18. The number of nitrogens with one attached hydrogen (secondary N) is 1. The molecular formula is C8H17BrN2O2S. The summed E-state index contributed by atoms with van der Waals surface area (Å²) >= 11 is 3.29. The zero-order valence-electron chi connectivity index (χ0n) is 8.59. The Morgan fingerprint density at radius 1 is 1.36 bits per heavy atom. The smallest absolute Gasteiger partial charge is 0.196 e. The Balaban J connectivity index is 2.66. The second-order valence-corrected chi connectivity index (χ2v) is 6.46. The first-order valence-corrected chi connectivity index (χ1v) is 7.28. The lowest BCUT2D eigenvalue weighted by Gasteiger charge is -2.26. The summed E-state index contributed by atoms with van der Waals surface area (Å²) in [6.07, 6.45) is 1.94. The van der Waals surface area contributed by atoms with Crippen LogP contribution >= 0.6 is 15.9 Å². The molecule has 0 amide bonds. The Hall–Kier alpha value is 0.350. The fraction of sp³-hybridized carbons (Fsp3) is 1.00. The van der Waals surface area contributed by atoms with Crippen LogP contribution in [0.1, 0.15) is 26.7 Å². The Bertz CT molecular complexity index is 284. The Morgan fingerprint density at radius 3 is 2.29 bits per heavy atom. The van der Waals surface area contributed by atoms with Crippen molar-refractivity contribution in [2.75, 3.05) is 18.4 Å². The first-order chi connectivity index (χ1) is 6.37. The zero-order valence-corrected chi connectivity index (χ0v) is 11.0. The normalized spacial score (nSPS) is 20.2. The average molecular weight is 285 g/mol. The van der Waals surface area contributed by atoms with Crippen LogP contribution in [0, 0.1) is 0 Å². The van der Waals surface area contributed by atoms with Gasteiger partial charge >= 0.3 is 0 Å². The molecule has 0 unspecified atom stereocenters. The minimum Gasteiger partial charge on any atom is -0.196 e. The predicted molar refractivity (Wildman–Crippen MR) is 60.7 cm³/mol. The molecule has 0 aromatic rings. The maximum absolute atomic E-state index is 11.8. The summed E-state index contributed by atoms with van der Waals surface area (Å²) in [6, 6.07) is 0. The van der Waals surface area contributed by atoms with Crippen molar-refractivity contribution in [1.82, 2.24) is 9.03 Å². The van der Waals surface area contributed by atoms with Gasteiger partial charge in [0.25, 0.3) is 10.2 Å². The molecule has 0 aromatic carbocycles. The van der Waals surface area contributed by atoms with Crippen LogP contribution in [-0.4, -0.2) is 36.7 Å². The molecule has 1 aliphatic rings. The van der Waals surface area contributed by atoms with Crippen LogP contribution in [0.15, 0.2) is 0 Å². The van der Waals surface area contributed by atoms with Crippen LogP contribution in [0.2, 0.25) is 0 Å². The Kier molecular flexibility index (Phi) is 3.96. The summed E-state index contributed by atoms with van der Waals surface area (Å²) in [5.74, 6) is 0. The van der Waals surface area contributed by atoms with E-state index in [-0.39, 0.29) is 0 Å². The van der Waals surface area contributed by atoms with Crippen molar-refractivity contribution in [2.24, 2.45) is 0 Å². The molecule has 84 valence electrons. The van der Waals surface area contributed by atoms with Gasteiger partial charge in [-0.1, -0.05) is 15.9 Å². The molecule has 4 nitrogen and oxygen atoms in total. The maximum atomic E-state index is 11.8. The summed E-state index contributed by atoms with van der Waals surface area (Å²) in [7, 11) is -3.28. The van der Waals surface area contributed by atoms with Gasteiger partial charge in [-0.15, -0.1) is 0 Å². The first-order valence-electron chi connectivity index (χ1n) is 4.72. The van der Waals surface area contributed by atoms with Crippen LogP contribution in [0.4, 0.5) is 0 Å². The molecular weight excluding hydrogens is 268 g/mol. The van der Waals surface area contributed by atoms with Crippen LogP contribution < -0.4 is 4.72 Å². The quantitative estimate of drug-likeness (QED) is 0.786. The number of halogens is 1. The van der Waals surface area contributed by atoms with Gasteiger partial charge in [0.1, 0.15) is 0 Å². The number of nitrogens with zero attached hydrogens (tertiary/aromatic N) is 1. The van der Waals surface area contributed by atoms with Gasteiger partial charge in [0.05, 0.1) is 0 Å². The van der Waals surface area contributed by atoms with Gasteiger partial charge in [0.2, 0.25) is 0 Å². The van der Waals surface area contributed by atoms with Crippen LogP contribution in [0.5, 0.6) is 0 Å². The van der Waals surface area contributed by atoms with Crippen molar-refractivity contribution in [2.45, 2.75) is 32.2 Å². The maximum Gasteiger partial charge on any atom is 0.279 e. The predicted octanol–water partition coefficient (Wildman–Crippen LogP) is 1.09. The summed E-state index contributed by atoms with van der Waals surface area (Å²) in [4.78, 5) is 0. The van der Waals surface area contributed by atoms with Crippen molar-refractivity contribution in [3.05, 3.63) is 0 Å². The van der Waals surface area contributed by atoms with Gasteiger partial charge in [-0.25, -0.2) is 0 Å². The molecule has 0 atom stereocenters. The number of alkyl halides is 1. The van der Waals surface area contributed by atoms with Crippen molar-refractivity contribution in [3.63, 3.8) is 0 Å². The van der Waals surface area contributed by atoms with E-state index in [0.29, 0.717) is 18.4 Å². The molecule has 1 heterocycles. The van der Waals surface area contributed by atoms with E-state index in [1.54, 1.807) is 0 Å². The molecule has 1 N–H and O–H groups in total. The number of hydrogen-bond donors (Lipinski definition) is 1. The highest BCUT2D eigenvalue weighted by molar-refractivity contribution is 9.09. The van der Waals surface area contributed by atoms with Crippen molar-refractivity contribution >= 4 is 26.1 Å². The van der Waals surface area contributed by atoms with Crippen LogP contribution in [0.3, 0.4) is 0 Å². The van der Waals surface area contributed by atoms with Gasteiger partial charge < -0.3 is 0 Å². The highest BCUT2D eigenvalue weighted by Crippen LogP contribution is 2.15. The minimum atomic E-state index is -3.28. The molecule has 1 rings (SSSR count). The summed E-state index contributed by atoms with van der Waals surface area (Å²) in [5, 5.41) is 0.604. The molecule has 1 fully saturated rings. The standard InChI is InChI=1S/C8H17BrN2O2S/c1-8(2,7-9)10-14(12,13)11-5-3-4-6-11/h10H,3-7H2,1-2H3. The molecule has 0 bridgehead atoms. The van der Waals surface area contributed by atoms with Crippen molar-refractivity contribution < 1.29 is 8.42 Å². The summed E-state index contributed by atoms with van der Waals surface area (Å²) < 4.78 is 27.8. The highest BCUT2D eigenvalue weighted by Gasteiger charge is 2.30. The lowest BCUT2D eigenvalue weighted by atomic mass is 10.1. The fourth-order valence-corrected chi connectivity index (χ4v) is 3.33. The van der Waals surface area contributed by atoms with E-state index in [9.17, 15) is 8.42 Å². The van der Waals surface area contributed by atoms with Crippen molar-refractivity contribution in [3.8, 4) is 0 Å². The Morgan fingerprint density at radius 2 is 1.86 bits per heavy atom. The van der Waals surface area contributed by atoms with E-state index in [4.69, 9.17) is 0 Å². The van der Waals surface area contributed by atoms with E-state index in [1.165, 1.54) is 4.31 Å². The second-order valence-electron chi connectivity index (χ2n) is 4.23.